The third kappa shape index (κ3) is 4.78. The van der Waals surface area contributed by atoms with E-state index in [1.165, 1.54) is 0 Å². The van der Waals surface area contributed by atoms with Crippen molar-refractivity contribution in [1.29, 1.82) is 0 Å². The smallest absolute Gasteiger partial charge is 0.251 e. The molecule has 0 aliphatic carbocycles. The molecule has 0 aliphatic rings. The third-order valence-corrected chi connectivity index (χ3v) is 5.87. The van der Waals surface area contributed by atoms with E-state index in [0.29, 0.717) is 18.7 Å². The summed E-state index contributed by atoms with van der Waals surface area (Å²) in [7, 11) is 0. The highest BCUT2D eigenvalue weighted by molar-refractivity contribution is 6.31. The number of nitrogens with one attached hydrogen (secondary N) is 1. The Morgan fingerprint density at radius 1 is 1.09 bits per heavy atom. The molecule has 0 fully saturated rings. The number of carbonyl (C=O) groups excluding carboxylic acids is 1. The minimum absolute atomic E-state index is 0.121. The van der Waals surface area contributed by atoms with Crippen LogP contribution < -0.4 is 10.1 Å². The second-order valence-electron chi connectivity index (χ2n) is 7.93. The molecule has 0 radical (unpaired) electrons. The quantitative estimate of drug-likeness (QED) is 0.385. The van der Waals surface area contributed by atoms with Crippen LogP contribution in [0.25, 0.3) is 11.0 Å². The summed E-state index contributed by atoms with van der Waals surface area (Å²) in [6, 6.07) is 20.9. The van der Waals surface area contributed by atoms with Crippen LogP contribution >= 0.6 is 11.6 Å². The van der Waals surface area contributed by atoms with Gasteiger partial charge in [0.1, 0.15) is 18.2 Å². The summed E-state index contributed by atoms with van der Waals surface area (Å²) in [5.41, 5.74) is 4.63. The van der Waals surface area contributed by atoms with Gasteiger partial charge in [-0.3, -0.25) is 4.79 Å². The van der Waals surface area contributed by atoms with Crippen LogP contribution in [0.4, 0.5) is 0 Å². The van der Waals surface area contributed by atoms with Gasteiger partial charge >= 0.3 is 0 Å². The standard InChI is InChI=1S/C26H26ClN3O2/c1-17-8-10-20(11-9-17)26(31)28-19(3)25-29-23-6-4-5-7-24(23)30(25)14-15-32-21-12-13-22(27)18(2)16-21/h4-13,16,19H,14-15H2,1-3H3,(H,28,31). The molecule has 0 aliphatic heterocycles. The number of nitrogens with zero attached hydrogens (tertiary/aromatic N) is 2. The topological polar surface area (TPSA) is 56.2 Å². The number of rotatable bonds is 7. The largest absolute Gasteiger partial charge is 0.492 e. The van der Waals surface area contributed by atoms with Gasteiger partial charge in [0.25, 0.3) is 5.91 Å². The zero-order valence-corrected chi connectivity index (χ0v) is 19.2. The highest BCUT2D eigenvalue weighted by atomic mass is 35.5. The number of aryl methyl sites for hydroxylation is 2. The van der Waals surface area contributed by atoms with E-state index in [2.05, 4.69) is 9.88 Å². The second-order valence-corrected chi connectivity index (χ2v) is 8.34. The van der Waals surface area contributed by atoms with E-state index in [1.54, 1.807) is 0 Å². The molecule has 1 aromatic heterocycles. The van der Waals surface area contributed by atoms with Gasteiger partial charge in [-0.25, -0.2) is 4.98 Å². The van der Waals surface area contributed by atoms with Crippen LogP contribution in [0.5, 0.6) is 5.75 Å². The SMILES string of the molecule is Cc1ccc(C(=O)NC(C)c2nc3ccccc3n2CCOc2ccc(Cl)c(C)c2)cc1. The zero-order chi connectivity index (χ0) is 22.7. The van der Waals surface area contributed by atoms with Crippen LogP contribution in [0.15, 0.2) is 66.7 Å². The van der Waals surface area contributed by atoms with Gasteiger partial charge in [-0.2, -0.15) is 0 Å². The Balaban J connectivity index is 1.53. The van der Waals surface area contributed by atoms with Gasteiger partial charge in [0, 0.05) is 10.6 Å². The molecule has 0 spiro atoms. The van der Waals surface area contributed by atoms with Crippen LogP contribution in [0.1, 0.15) is 40.3 Å². The fourth-order valence-corrected chi connectivity index (χ4v) is 3.79. The van der Waals surface area contributed by atoms with Crippen molar-refractivity contribution in [3.05, 3.63) is 94.3 Å². The van der Waals surface area contributed by atoms with Crippen LogP contribution in [-0.4, -0.2) is 22.1 Å². The molecule has 3 aromatic carbocycles. The van der Waals surface area contributed by atoms with Crippen molar-refractivity contribution in [3.63, 3.8) is 0 Å². The van der Waals surface area contributed by atoms with E-state index in [1.807, 2.05) is 87.5 Å². The number of carbonyl (C=O) groups is 1. The molecule has 6 heteroatoms. The molecule has 4 rings (SSSR count). The lowest BCUT2D eigenvalue weighted by Crippen LogP contribution is -2.29. The Hall–Kier alpha value is -3.31. The van der Waals surface area contributed by atoms with E-state index in [0.717, 1.165) is 38.8 Å². The minimum Gasteiger partial charge on any atom is -0.492 e. The Morgan fingerprint density at radius 3 is 2.59 bits per heavy atom. The van der Waals surface area contributed by atoms with Crippen molar-refractivity contribution in [2.75, 3.05) is 6.61 Å². The second kappa shape index (κ2) is 9.45. The van der Waals surface area contributed by atoms with Gasteiger partial charge in [-0.05, 0) is 68.8 Å². The molecule has 164 valence electrons. The number of para-hydroxylation sites is 2. The molecule has 1 amide bonds. The van der Waals surface area contributed by atoms with Crippen LogP contribution in [0, 0.1) is 13.8 Å². The van der Waals surface area contributed by atoms with Crippen molar-refractivity contribution in [2.24, 2.45) is 0 Å². The number of halogens is 1. The fourth-order valence-electron chi connectivity index (χ4n) is 3.67. The van der Waals surface area contributed by atoms with Gasteiger partial charge in [0.15, 0.2) is 0 Å². The average Bonchev–Trinajstić information content (AvgIpc) is 3.15. The van der Waals surface area contributed by atoms with Gasteiger partial charge in [0.2, 0.25) is 0 Å². The predicted molar refractivity (Wildman–Crippen MR) is 128 cm³/mol. The number of ether oxygens (including phenoxy) is 1. The van der Waals surface area contributed by atoms with Crippen molar-refractivity contribution in [3.8, 4) is 5.75 Å². The molecule has 32 heavy (non-hydrogen) atoms. The maximum Gasteiger partial charge on any atom is 0.251 e. The van der Waals surface area contributed by atoms with Gasteiger partial charge in [-0.1, -0.05) is 41.4 Å². The third-order valence-electron chi connectivity index (χ3n) is 5.45. The van der Waals surface area contributed by atoms with Gasteiger partial charge < -0.3 is 14.6 Å². The summed E-state index contributed by atoms with van der Waals surface area (Å²) >= 11 is 6.11. The summed E-state index contributed by atoms with van der Waals surface area (Å²) in [5, 5.41) is 3.80. The van der Waals surface area contributed by atoms with Gasteiger partial charge in [0.05, 0.1) is 23.6 Å². The normalized spacial score (nSPS) is 12.0. The van der Waals surface area contributed by atoms with Crippen molar-refractivity contribution in [1.82, 2.24) is 14.9 Å². The molecule has 1 unspecified atom stereocenters. The maximum atomic E-state index is 12.7. The lowest BCUT2D eigenvalue weighted by molar-refractivity contribution is 0.0937. The molecule has 1 heterocycles. The molecular weight excluding hydrogens is 422 g/mol. The number of hydrogen-bond donors (Lipinski definition) is 1. The first kappa shape index (κ1) is 21.9. The summed E-state index contributed by atoms with van der Waals surface area (Å²) < 4.78 is 8.08. The van der Waals surface area contributed by atoms with Gasteiger partial charge in [-0.15, -0.1) is 0 Å². The number of aromatic nitrogens is 2. The number of amides is 1. The Labute approximate surface area is 193 Å². The number of benzene rings is 3. The number of imidazole rings is 1. The number of hydrogen-bond acceptors (Lipinski definition) is 3. The van der Waals surface area contributed by atoms with Crippen molar-refractivity contribution < 1.29 is 9.53 Å². The first-order valence-electron chi connectivity index (χ1n) is 10.6. The Bertz CT molecular complexity index is 1250. The molecular formula is C26H26ClN3O2. The molecule has 0 saturated carbocycles. The molecule has 4 aromatic rings. The predicted octanol–water partition coefficient (Wildman–Crippen LogP) is 5.88. The Morgan fingerprint density at radius 2 is 1.84 bits per heavy atom. The molecule has 0 saturated heterocycles. The highest BCUT2D eigenvalue weighted by Crippen LogP contribution is 2.23. The summed E-state index contributed by atoms with van der Waals surface area (Å²) in [4.78, 5) is 17.5. The summed E-state index contributed by atoms with van der Waals surface area (Å²) in [5.74, 6) is 1.45. The summed E-state index contributed by atoms with van der Waals surface area (Å²) in [6.07, 6.45) is 0. The molecule has 1 N–H and O–H groups in total. The zero-order valence-electron chi connectivity index (χ0n) is 18.4. The van der Waals surface area contributed by atoms with E-state index >= 15 is 0 Å². The first-order valence-corrected chi connectivity index (χ1v) is 11.0. The average molecular weight is 448 g/mol. The first-order chi connectivity index (χ1) is 15.4. The van der Waals surface area contributed by atoms with Crippen LogP contribution in [-0.2, 0) is 6.54 Å². The van der Waals surface area contributed by atoms with E-state index in [9.17, 15) is 4.79 Å². The summed E-state index contributed by atoms with van der Waals surface area (Å²) in [6.45, 7) is 6.97. The van der Waals surface area contributed by atoms with E-state index < -0.39 is 0 Å². The fraction of sp³-hybridized carbons (Fsp3) is 0.231. The van der Waals surface area contributed by atoms with Crippen molar-refractivity contribution >= 4 is 28.5 Å². The molecule has 0 bridgehead atoms. The van der Waals surface area contributed by atoms with Crippen molar-refractivity contribution in [2.45, 2.75) is 33.4 Å². The van der Waals surface area contributed by atoms with Crippen LogP contribution in [0.3, 0.4) is 0 Å². The van der Waals surface area contributed by atoms with E-state index in [-0.39, 0.29) is 11.9 Å². The number of fused-ring (bicyclic) bond motifs is 1. The lowest BCUT2D eigenvalue weighted by Gasteiger charge is -2.17. The maximum absolute atomic E-state index is 12.7. The highest BCUT2D eigenvalue weighted by Gasteiger charge is 2.19. The Kier molecular flexibility index (Phi) is 6.47. The minimum atomic E-state index is -0.269. The van der Waals surface area contributed by atoms with Crippen LogP contribution in [0.2, 0.25) is 5.02 Å². The monoisotopic (exact) mass is 447 g/mol. The molecule has 5 nitrogen and oxygen atoms in total. The van der Waals surface area contributed by atoms with E-state index in [4.69, 9.17) is 21.3 Å². The lowest BCUT2D eigenvalue weighted by atomic mass is 10.1. The molecule has 1 atom stereocenters.